The van der Waals surface area contributed by atoms with Crippen LogP contribution in [0.15, 0.2) is 162 Å². The number of nitrogens with one attached hydrogen (secondary N) is 1. The van der Waals surface area contributed by atoms with E-state index in [1.165, 1.54) is 51.4 Å². The minimum absolute atomic E-state index is 0.0108. The number of carbonyl (C=O) groups excluding carboxylic acids is 2. The number of hydrogen-bond donors (Lipinski definition) is 3. The van der Waals surface area contributed by atoms with Crippen LogP contribution < -0.4 is 24.7 Å². The molecule has 1 aliphatic carbocycles. The van der Waals surface area contributed by atoms with Crippen molar-refractivity contribution in [2.75, 3.05) is 52.7 Å². The summed E-state index contributed by atoms with van der Waals surface area (Å²) in [7, 11) is 7.10. The number of nitro groups is 2. The first-order chi connectivity index (χ1) is 43.9. The van der Waals surface area contributed by atoms with Gasteiger partial charge >= 0.3 is 15.4 Å². The van der Waals surface area contributed by atoms with Gasteiger partial charge in [0.05, 0.1) is 22.0 Å². The van der Waals surface area contributed by atoms with Gasteiger partial charge in [-0.05, 0) is 189 Å². The van der Waals surface area contributed by atoms with Crippen molar-refractivity contribution in [3.8, 4) is 22.6 Å². The summed E-state index contributed by atoms with van der Waals surface area (Å²) in [5.41, 5.74) is 15.0. The fraction of sp³-hybridized carbons (Fsp3) is 0.292. The van der Waals surface area contributed by atoms with E-state index in [-0.39, 0.29) is 47.7 Å². The molecule has 7 aromatic carbocycles. The highest BCUT2D eigenvalue weighted by Gasteiger charge is 2.41. The van der Waals surface area contributed by atoms with Crippen molar-refractivity contribution >= 4 is 90.2 Å². The van der Waals surface area contributed by atoms with Gasteiger partial charge in [0.2, 0.25) is 5.91 Å². The quantitative estimate of drug-likeness (QED) is 0.00795. The van der Waals surface area contributed by atoms with Crippen LogP contribution in [0.4, 0.5) is 17.1 Å². The summed E-state index contributed by atoms with van der Waals surface area (Å²) in [6, 6.07) is 35.3. The average Bonchev–Trinajstić information content (AvgIpc) is 0.725. The molecule has 20 heteroatoms. The summed E-state index contributed by atoms with van der Waals surface area (Å²) in [4.78, 5) is 55.3. The number of amides is 1. The van der Waals surface area contributed by atoms with Crippen molar-refractivity contribution in [1.29, 1.82) is 0 Å². The van der Waals surface area contributed by atoms with E-state index in [0.29, 0.717) is 96.1 Å². The Hall–Kier alpha value is -9.04. The predicted octanol–water partition coefficient (Wildman–Crippen LogP) is 11.9. The molecule has 0 aromatic heterocycles. The number of allylic oxidation sites excluding steroid dienone is 6. The summed E-state index contributed by atoms with van der Waals surface area (Å²) in [5.74, 6) is -0.0201. The van der Waals surface area contributed by atoms with Gasteiger partial charge in [0, 0.05) is 106 Å². The fourth-order valence-corrected chi connectivity index (χ4v) is 15.8. The van der Waals surface area contributed by atoms with E-state index >= 15 is 0 Å². The maximum Gasteiger partial charge on any atom is 0.569 e. The molecule has 2 radical (unpaired) electrons. The highest BCUT2D eigenvalue weighted by Crippen LogP contribution is 2.45. The molecule has 92 heavy (non-hydrogen) atoms. The minimum atomic E-state index is -2.28. The van der Waals surface area contributed by atoms with E-state index in [2.05, 4.69) is 172 Å². The zero-order valence-corrected chi connectivity index (χ0v) is 55.3. The third-order valence-corrected chi connectivity index (χ3v) is 21.2. The molecular formula is C72H80B2N7O10Si+. The molecule has 2 aliphatic rings. The molecule has 9 rings (SSSR count). The van der Waals surface area contributed by atoms with Crippen LogP contribution in [0.1, 0.15) is 84.0 Å². The molecule has 472 valence electrons. The maximum absolute atomic E-state index is 12.9. The highest BCUT2D eigenvalue weighted by molar-refractivity contribution is 6.98. The SMILES string of the molecule is C=C(C)C(=O)CCCCN(Cc1ccc([N+](=O)[O-])cc1O[B]O)Cc1c2ccccc2c(CN(CCCNC(=O)C(=C)C)Cc2ccc([N+](=O)[O-])cc2O[B]O)c2ccc(-c3cc(C4=C5C=CC(=[N+](C)C)C=C5[Si](C)(C)c5cc(N(C)C)ccc54)c(C)cc3C)cc12. The summed E-state index contributed by atoms with van der Waals surface area (Å²) in [5, 5.41) is 53.5. The molecule has 0 bridgehead atoms. The van der Waals surface area contributed by atoms with Crippen LogP contribution in [0.3, 0.4) is 0 Å². The average molecular weight is 1250 g/mol. The predicted molar refractivity (Wildman–Crippen MR) is 372 cm³/mol. The Labute approximate surface area is 541 Å². The number of ketones is 1. The molecule has 0 spiro atoms. The van der Waals surface area contributed by atoms with Crippen molar-refractivity contribution in [1.82, 2.24) is 15.1 Å². The topological polar surface area (TPSA) is 204 Å². The fourth-order valence-electron chi connectivity index (χ4n) is 12.7. The maximum atomic E-state index is 12.9. The number of aryl methyl sites for hydroxylation is 2. The van der Waals surface area contributed by atoms with Crippen LogP contribution in [0.25, 0.3) is 38.2 Å². The van der Waals surface area contributed by atoms with Gasteiger partial charge in [-0.15, -0.1) is 0 Å². The van der Waals surface area contributed by atoms with Gasteiger partial charge < -0.3 is 29.6 Å². The van der Waals surface area contributed by atoms with Gasteiger partial charge in [-0.1, -0.05) is 74.8 Å². The summed E-state index contributed by atoms with van der Waals surface area (Å²) in [6.07, 6.45) is 8.99. The largest absolute Gasteiger partial charge is 0.569 e. The lowest BCUT2D eigenvalue weighted by molar-refractivity contribution is -0.462. The van der Waals surface area contributed by atoms with Crippen LogP contribution in [-0.2, 0) is 35.8 Å². The number of Topliss-reactive ketones (excluding diaryl/α,β-unsaturated/α-hetero) is 1. The van der Waals surface area contributed by atoms with Crippen molar-refractivity contribution in [3.63, 3.8) is 0 Å². The molecule has 7 aromatic rings. The van der Waals surface area contributed by atoms with Crippen molar-refractivity contribution in [2.24, 2.45) is 0 Å². The van der Waals surface area contributed by atoms with Gasteiger partial charge in [0.1, 0.15) is 33.7 Å². The Balaban J connectivity index is 1.27. The molecular weight excluding hydrogens is 1170 g/mol. The minimum Gasteiger partial charge on any atom is -0.537 e. The van der Waals surface area contributed by atoms with Gasteiger partial charge in [0.15, 0.2) is 11.5 Å². The van der Waals surface area contributed by atoms with Crippen molar-refractivity contribution in [3.05, 3.63) is 227 Å². The monoisotopic (exact) mass is 1250 g/mol. The molecule has 0 fully saturated rings. The van der Waals surface area contributed by atoms with Crippen LogP contribution in [0, 0.1) is 34.1 Å². The smallest absolute Gasteiger partial charge is 0.537 e. The summed E-state index contributed by atoms with van der Waals surface area (Å²) in [6.45, 7) is 22.9. The number of non-ortho nitro benzene ring substituents is 2. The Morgan fingerprint density at radius 1 is 0.652 bits per heavy atom. The molecule has 1 heterocycles. The Kier molecular flexibility index (Phi) is 21.3. The van der Waals surface area contributed by atoms with Crippen LogP contribution in [0.5, 0.6) is 11.5 Å². The highest BCUT2D eigenvalue weighted by atomic mass is 28.3. The number of nitrogens with zero attached hydrogens (tertiary/aromatic N) is 6. The Morgan fingerprint density at radius 2 is 1.23 bits per heavy atom. The van der Waals surface area contributed by atoms with Gasteiger partial charge in [-0.3, -0.25) is 39.6 Å². The summed E-state index contributed by atoms with van der Waals surface area (Å²) < 4.78 is 13.3. The van der Waals surface area contributed by atoms with E-state index in [1.54, 1.807) is 26.0 Å². The van der Waals surface area contributed by atoms with Gasteiger partial charge in [-0.2, -0.15) is 0 Å². The molecule has 0 unspecified atom stereocenters. The zero-order chi connectivity index (χ0) is 66.3. The lowest BCUT2D eigenvalue weighted by Crippen LogP contribution is -2.49. The van der Waals surface area contributed by atoms with Gasteiger partial charge in [-0.25, -0.2) is 4.58 Å². The normalized spacial score (nSPS) is 13.2. The zero-order valence-electron chi connectivity index (χ0n) is 54.3. The molecule has 0 atom stereocenters. The molecule has 1 aliphatic heterocycles. The number of fused-ring (bicyclic) bond motifs is 4. The van der Waals surface area contributed by atoms with E-state index in [1.807, 2.05) is 12.1 Å². The Morgan fingerprint density at radius 3 is 1.78 bits per heavy atom. The third-order valence-electron chi connectivity index (χ3n) is 17.7. The number of hydrogen-bond acceptors (Lipinski definition) is 13. The van der Waals surface area contributed by atoms with Crippen molar-refractivity contribution < 1.29 is 43.4 Å². The van der Waals surface area contributed by atoms with E-state index in [0.717, 1.165) is 71.9 Å². The number of nitro benzene ring substituents is 2. The van der Waals surface area contributed by atoms with Gasteiger partial charge in [0.25, 0.3) is 11.4 Å². The molecule has 3 N–H and O–H groups in total. The second-order valence-electron chi connectivity index (χ2n) is 25.0. The number of benzene rings is 7. The molecule has 0 saturated carbocycles. The molecule has 1 amide bonds. The summed E-state index contributed by atoms with van der Waals surface area (Å²) >= 11 is 0. The van der Waals surface area contributed by atoms with Crippen LogP contribution >= 0.6 is 0 Å². The first kappa shape index (κ1) is 67.4. The van der Waals surface area contributed by atoms with Crippen LogP contribution in [0.2, 0.25) is 13.1 Å². The van der Waals surface area contributed by atoms with E-state index < -0.39 is 17.9 Å². The van der Waals surface area contributed by atoms with E-state index in [4.69, 9.17) is 9.31 Å². The Bertz CT molecular complexity index is 4250. The standard InChI is InChI=1S/C72H79B2N7O10Si/c1-45(2)66(82)20-15-16-32-78(41-50-21-24-54(80(86)87)36-67(50)90-73-84)44-65-57-19-14-13-18-56(57)64(43-79(33-17-31-75-72(83)46(3)4)42-51-22-25-55(81(88)89)37-68(51)91-74-85)58-28-23-49(35-63(58)65)61-40-62(48(6)34-47(61)5)71-59-29-26-52(76(7)8)38-69(59)92(11,12)70-39-53(77(9)10)27-30-60(70)71/h13-14,18-19,21-30,34-40,84-85H,1,3,15-17,20,31-33,41-44H2,2,4-12H3/p+1. The third kappa shape index (κ3) is 14.8. The lowest BCUT2D eigenvalue weighted by atomic mass is 9.84. The first-order valence-electron chi connectivity index (χ1n) is 30.9. The number of carbonyl (C=O) groups is 2. The lowest BCUT2D eigenvalue weighted by Gasteiger charge is -2.38. The molecule has 0 saturated heterocycles. The number of unbranched alkanes of at least 4 members (excludes halogenated alkanes) is 1. The van der Waals surface area contributed by atoms with Crippen LogP contribution in [-0.4, -0.2) is 123 Å². The number of rotatable bonds is 28. The van der Waals surface area contributed by atoms with Crippen molar-refractivity contribution in [2.45, 2.75) is 92.7 Å². The second kappa shape index (κ2) is 29.1. The first-order valence-corrected chi connectivity index (χ1v) is 33.9. The second-order valence-corrected chi connectivity index (χ2v) is 29.3. The number of anilines is 1. The van der Waals surface area contributed by atoms with E-state index in [9.17, 15) is 39.9 Å². The molecule has 17 nitrogen and oxygen atoms in total.